The number of hydrogen-bond acceptors (Lipinski definition) is 5. The number of ether oxygens (including phenoxy) is 3. The van der Waals surface area contributed by atoms with E-state index in [0.717, 1.165) is 0 Å². The largest absolute Gasteiger partial charge is 0.479 e. The minimum Gasteiger partial charge on any atom is -0.479 e. The number of halogens is 1. The number of benzene rings is 1. The third-order valence-corrected chi connectivity index (χ3v) is 2.59. The first-order chi connectivity index (χ1) is 9.65. The van der Waals surface area contributed by atoms with Crippen LogP contribution in [0.4, 0.5) is 10.1 Å². The molecule has 0 radical (unpaired) electrons. The molecule has 0 aromatic heterocycles. The van der Waals surface area contributed by atoms with Crippen LogP contribution >= 0.6 is 0 Å². The van der Waals surface area contributed by atoms with Crippen molar-refractivity contribution in [3.05, 3.63) is 30.1 Å². The van der Waals surface area contributed by atoms with Crippen molar-refractivity contribution < 1.29 is 23.4 Å². The predicted molar refractivity (Wildman–Crippen MR) is 70.4 cm³/mol. The number of carbonyl (C=O) groups is 1. The average molecular weight is 281 g/mol. The number of aliphatic imine (C=N–C) groups is 1. The van der Waals surface area contributed by atoms with Gasteiger partial charge in [0.1, 0.15) is 5.82 Å². The highest BCUT2D eigenvalue weighted by Gasteiger charge is 2.51. The Morgan fingerprint density at radius 1 is 1.30 bits per heavy atom. The smallest absolute Gasteiger partial charge is 0.338 e. The van der Waals surface area contributed by atoms with Crippen molar-refractivity contribution in [2.45, 2.75) is 26.1 Å². The molecule has 2 unspecified atom stereocenters. The van der Waals surface area contributed by atoms with Gasteiger partial charge in [0.25, 0.3) is 0 Å². The highest BCUT2D eigenvalue weighted by molar-refractivity contribution is 5.94. The Morgan fingerprint density at radius 3 is 2.70 bits per heavy atom. The summed E-state index contributed by atoms with van der Waals surface area (Å²) in [6.45, 7) is 4.18. The lowest BCUT2D eigenvalue weighted by molar-refractivity contribution is -0.144. The van der Waals surface area contributed by atoms with E-state index in [1.807, 2.05) is 0 Å². The molecule has 2 rings (SSSR count). The number of nitrogens with zero attached hydrogens (tertiary/aromatic N) is 1. The van der Waals surface area contributed by atoms with Gasteiger partial charge in [-0.1, -0.05) is 6.07 Å². The lowest BCUT2D eigenvalue weighted by Crippen LogP contribution is -2.20. The van der Waals surface area contributed by atoms with E-state index in [4.69, 9.17) is 14.2 Å². The normalized spacial score (nSPS) is 21.4. The minimum atomic E-state index is -0.686. The fraction of sp³-hybridized carbons (Fsp3) is 0.429. The Balaban J connectivity index is 2.11. The first kappa shape index (κ1) is 14.5. The topological polar surface area (TPSA) is 60.4 Å². The van der Waals surface area contributed by atoms with Gasteiger partial charge < -0.3 is 14.2 Å². The van der Waals surface area contributed by atoms with Crippen LogP contribution in [-0.4, -0.2) is 37.3 Å². The molecule has 2 atom stereocenters. The molecule has 1 heterocycles. The highest BCUT2D eigenvalue weighted by atomic mass is 19.1. The molecular formula is C14H16FNO4. The second-order valence-corrected chi connectivity index (χ2v) is 4.09. The van der Waals surface area contributed by atoms with Crippen molar-refractivity contribution in [2.75, 3.05) is 13.2 Å². The maximum absolute atomic E-state index is 13.1. The molecule has 20 heavy (non-hydrogen) atoms. The fourth-order valence-corrected chi connectivity index (χ4v) is 1.70. The molecule has 0 bridgehead atoms. The summed E-state index contributed by atoms with van der Waals surface area (Å²) >= 11 is 0. The van der Waals surface area contributed by atoms with Crippen LogP contribution in [0, 0.1) is 5.82 Å². The van der Waals surface area contributed by atoms with Crippen molar-refractivity contribution >= 4 is 17.6 Å². The van der Waals surface area contributed by atoms with Crippen LogP contribution in [0.25, 0.3) is 0 Å². The molecule has 0 aliphatic carbocycles. The molecule has 1 saturated heterocycles. The molecule has 0 N–H and O–H groups in total. The first-order valence-electron chi connectivity index (χ1n) is 6.44. The van der Waals surface area contributed by atoms with E-state index < -0.39 is 18.2 Å². The first-order valence-corrected chi connectivity index (χ1v) is 6.44. The van der Waals surface area contributed by atoms with Gasteiger partial charge in [-0.15, -0.1) is 0 Å². The molecule has 1 aromatic carbocycles. The lowest BCUT2D eigenvalue weighted by Gasteiger charge is -2.05. The Hall–Kier alpha value is -1.95. The number of carbonyl (C=O) groups excluding carboxylic acids is 1. The molecular weight excluding hydrogens is 265 g/mol. The van der Waals surface area contributed by atoms with Crippen molar-refractivity contribution in [3.8, 4) is 0 Å². The molecule has 0 saturated carbocycles. The van der Waals surface area contributed by atoms with E-state index in [-0.39, 0.29) is 18.3 Å². The number of hydrogen-bond donors (Lipinski definition) is 0. The van der Waals surface area contributed by atoms with E-state index >= 15 is 0 Å². The van der Waals surface area contributed by atoms with Crippen LogP contribution in [0.15, 0.2) is 29.3 Å². The Morgan fingerprint density at radius 2 is 2.05 bits per heavy atom. The summed E-state index contributed by atoms with van der Waals surface area (Å²) in [5.41, 5.74) is 0.409. The molecule has 108 valence electrons. The van der Waals surface area contributed by atoms with Gasteiger partial charge in [-0.05, 0) is 32.0 Å². The van der Waals surface area contributed by atoms with Crippen LogP contribution < -0.4 is 0 Å². The summed E-state index contributed by atoms with van der Waals surface area (Å²) in [4.78, 5) is 15.7. The predicted octanol–water partition coefficient (Wildman–Crippen LogP) is 2.22. The summed E-state index contributed by atoms with van der Waals surface area (Å²) in [5.74, 6) is -0.568. The Bertz CT molecular complexity index is 518. The van der Waals surface area contributed by atoms with Gasteiger partial charge >= 0.3 is 5.97 Å². The average Bonchev–Trinajstić information content (AvgIpc) is 3.19. The molecule has 1 aliphatic heterocycles. The fourth-order valence-electron chi connectivity index (χ4n) is 1.70. The van der Waals surface area contributed by atoms with E-state index in [1.165, 1.54) is 12.1 Å². The standard InChI is InChI=1S/C14H16FNO4/c1-3-18-13(11-12(20-11)14(17)19-4-2)16-10-7-5-6-9(15)8-10/h5-8,11-12H,3-4H2,1-2H3. The van der Waals surface area contributed by atoms with Gasteiger partial charge in [-0.2, -0.15) is 0 Å². The molecule has 5 nitrogen and oxygen atoms in total. The monoisotopic (exact) mass is 281 g/mol. The third-order valence-electron chi connectivity index (χ3n) is 2.59. The zero-order chi connectivity index (χ0) is 14.5. The van der Waals surface area contributed by atoms with Gasteiger partial charge in [-0.25, -0.2) is 14.2 Å². The third kappa shape index (κ3) is 3.54. The summed E-state index contributed by atoms with van der Waals surface area (Å²) in [6.07, 6.45) is -1.24. The maximum Gasteiger partial charge on any atom is 0.338 e. The molecule has 1 aromatic rings. The van der Waals surface area contributed by atoms with E-state index in [0.29, 0.717) is 12.3 Å². The molecule has 1 aliphatic rings. The quantitative estimate of drug-likeness (QED) is 0.359. The van der Waals surface area contributed by atoms with Gasteiger partial charge in [0.05, 0.1) is 18.9 Å². The number of esters is 1. The highest BCUT2D eigenvalue weighted by Crippen LogP contribution is 2.27. The van der Waals surface area contributed by atoms with Crippen molar-refractivity contribution in [2.24, 2.45) is 4.99 Å². The van der Waals surface area contributed by atoms with Crippen LogP contribution in [0.2, 0.25) is 0 Å². The summed E-state index contributed by atoms with van der Waals surface area (Å²) in [6, 6.07) is 5.80. The zero-order valence-corrected chi connectivity index (χ0v) is 11.3. The van der Waals surface area contributed by atoms with Gasteiger partial charge in [0, 0.05) is 0 Å². The minimum absolute atomic E-state index is 0.260. The Labute approximate surface area is 116 Å². The number of rotatable bonds is 5. The van der Waals surface area contributed by atoms with Crippen LogP contribution in [0.5, 0.6) is 0 Å². The van der Waals surface area contributed by atoms with Gasteiger partial charge in [0.15, 0.2) is 12.2 Å². The molecule has 1 fully saturated rings. The van der Waals surface area contributed by atoms with Gasteiger partial charge in [-0.3, -0.25) is 0 Å². The zero-order valence-electron chi connectivity index (χ0n) is 11.3. The number of epoxide rings is 1. The molecule has 6 heteroatoms. The summed E-state index contributed by atoms with van der Waals surface area (Å²) < 4.78 is 28.6. The van der Waals surface area contributed by atoms with Crippen LogP contribution in [0.1, 0.15) is 13.8 Å². The van der Waals surface area contributed by atoms with Gasteiger partial charge in [0.2, 0.25) is 5.90 Å². The van der Waals surface area contributed by atoms with Crippen LogP contribution in [-0.2, 0) is 19.0 Å². The maximum atomic E-state index is 13.1. The molecule has 0 spiro atoms. The van der Waals surface area contributed by atoms with E-state index in [9.17, 15) is 9.18 Å². The van der Waals surface area contributed by atoms with E-state index in [2.05, 4.69) is 4.99 Å². The molecule has 0 amide bonds. The van der Waals surface area contributed by atoms with Crippen molar-refractivity contribution in [3.63, 3.8) is 0 Å². The lowest BCUT2D eigenvalue weighted by atomic mass is 10.3. The SMILES string of the molecule is CCOC(=O)C1OC1C(=Nc1cccc(F)c1)OCC. The summed E-state index contributed by atoms with van der Waals surface area (Å²) in [5, 5.41) is 0. The summed E-state index contributed by atoms with van der Waals surface area (Å²) in [7, 11) is 0. The van der Waals surface area contributed by atoms with Crippen molar-refractivity contribution in [1.29, 1.82) is 0 Å². The van der Waals surface area contributed by atoms with E-state index in [1.54, 1.807) is 26.0 Å². The van der Waals surface area contributed by atoms with Crippen LogP contribution in [0.3, 0.4) is 0 Å². The van der Waals surface area contributed by atoms with Crippen molar-refractivity contribution in [1.82, 2.24) is 0 Å². The second-order valence-electron chi connectivity index (χ2n) is 4.09. The second kappa shape index (κ2) is 6.47. The Kier molecular flexibility index (Phi) is 4.68.